The third-order valence-corrected chi connectivity index (χ3v) is 6.29. The summed E-state index contributed by atoms with van der Waals surface area (Å²) in [5, 5.41) is 8.50. The van der Waals surface area contributed by atoms with Crippen molar-refractivity contribution in [1.82, 2.24) is 4.98 Å². The molecule has 0 radical (unpaired) electrons. The van der Waals surface area contributed by atoms with Crippen LogP contribution in [-0.2, 0) is 6.42 Å². The summed E-state index contributed by atoms with van der Waals surface area (Å²) in [6.45, 7) is 0. The van der Waals surface area contributed by atoms with E-state index in [4.69, 9.17) is 5.26 Å². The highest BCUT2D eigenvalue weighted by Crippen LogP contribution is 2.14. The number of H-pyrrole nitrogens is 1. The van der Waals surface area contributed by atoms with Crippen molar-refractivity contribution in [3.8, 4) is 6.07 Å². The van der Waals surface area contributed by atoms with Crippen LogP contribution in [0.5, 0.6) is 0 Å². The lowest BCUT2D eigenvalue weighted by molar-refractivity contribution is 0.111. The van der Waals surface area contributed by atoms with Gasteiger partial charge in [0, 0.05) is 12.1 Å². The van der Waals surface area contributed by atoms with Crippen molar-refractivity contribution < 1.29 is 4.79 Å². The average molecular weight is 441 g/mol. The molecular weight excluding hydrogens is 392 g/mol. The molecule has 0 saturated carbocycles. The van der Waals surface area contributed by atoms with Gasteiger partial charge in [-0.2, -0.15) is 5.26 Å². The van der Waals surface area contributed by atoms with Gasteiger partial charge < -0.3 is 4.98 Å². The maximum Gasteiger partial charge on any atom is 0.166 e. The molecule has 1 aromatic heterocycles. The van der Waals surface area contributed by atoms with Gasteiger partial charge in [-0.3, -0.25) is 4.79 Å². The summed E-state index contributed by atoms with van der Waals surface area (Å²) in [6.07, 6.45) is 32.5. The van der Waals surface area contributed by atoms with Crippen LogP contribution >= 0.6 is 0 Å². The molecule has 1 N–H and O–H groups in total. The normalized spacial score (nSPS) is 11.2. The maximum absolute atomic E-state index is 10.7. The second-order valence-electron chi connectivity index (χ2n) is 9.27. The van der Waals surface area contributed by atoms with Crippen LogP contribution in [0, 0.1) is 11.3 Å². The van der Waals surface area contributed by atoms with Gasteiger partial charge in [0.1, 0.15) is 0 Å². The lowest BCUT2D eigenvalue weighted by Crippen LogP contribution is -1.88. The predicted octanol–water partition coefficient (Wildman–Crippen LogP) is 9.25. The summed E-state index contributed by atoms with van der Waals surface area (Å²) in [5.74, 6) is 0. The standard InChI is InChI=1S/C29H48N2O/c30-26-22-20-18-16-14-12-10-8-6-4-2-1-3-5-7-9-11-13-15-17-19-21-23-28-24-25-29(27-32)31-28/h8,10,24-25,27,31H,1-7,9,11-23H2. The molecule has 3 nitrogen and oxygen atoms in total. The van der Waals surface area contributed by atoms with E-state index >= 15 is 0 Å². The van der Waals surface area contributed by atoms with Gasteiger partial charge in [-0.05, 0) is 57.1 Å². The Morgan fingerprint density at radius 3 is 1.59 bits per heavy atom. The van der Waals surface area contributed by atoms with Crippen LogP contribution in [-0.4, -0.2) is 11.3 Å². The molecule has 0 aliphatic rings. The summed E-state index contributed by atoms with van der Waals surface area (Å²) in [5.41, 5.74) is 1.89. The fraction of sp³-hybridized carbons (Fsp3) is 0.724. The van der Waals surface area contributed by atoms with Gasteiger partial charge in [-0.25, -0.2) is 0 Å². The number of carbonyl (C=O) groups is 1. The first-order chi connectivity index (χ1) is 15.9. The number of aromatic nitrogens is 1. The number of aromatic amines is 1. The van der Waals surface area contributed by atoms with Crippen LogP contribution in [0.15, 0.2) is 24.3 Å². The number of allylic oxidation sites excluding steroid dienone is 2. The second-order valence-corrected chi connectivity index (χ2v) is 9.27. The Labute approximate surface area is 198 Å². The summed E-state index contributed by atoms with van der Waals surface area (Å²) < 4.78 is 0. The van der Waals surface area contributed by atoms with Crippen LogP contribution in [0.3, 0.4) is 0 Å². The number of nitrogens with zero attached hydrogens (tertiary/aromatic N) is 1. The van der Waals surface area contributed by atoms with E-state index in [1.54, 1.807) is 0 Å². The first-order valence-electron chi connectivity index (χ1n) is 13.5. The molecule has 0 bridgehead atoms. The Hall–Kier alpha value is -1.82. The van der Waals surface area contributed by atoms with Crippen molar-refractivity contribution in [1.29, 1.82) is 5.26 Å². The summed E-state index contributed by atoms with van der Waals surface area (Å²) >= 11 is 0. The van der Waals surface area contributed by atoms with Gasteiger partial charge in [-0.1, -0.05) is 95.6 Å². The summed E-state index contributed by atoms with van der Waals surface area (Å²) in [6, 6.07) is 6.11. The molecule has 0 unspecified atom stereocenters. The van der Waals surface area contributed by atoms with Gasteiger partial charge in [0.05, 0.1) is 11.8 Å². The van der Waals surface area contributed by atoms with Crippen molar-refractivity contribution in [2.45, 2.75) is 135 Å². The fourth-order valence-electron chi connectivity index (χ4n) is 4.25. The molecule has 1 heterocycles. The number of aldehydes is 1. The number of unbranched alkanes of at least 4 members (excludes halogenated alkanes) is 18. The van der Waals surface area contributed by atoms with E-state index in [-0.39, 0.29) is 0 Å². The molecule has 0 spiro atoms. The lowest BCUT2D eigenvalue weighted by atomic mass is 10.0. The van der Waals surface area contributed by atoms with Crippen molar-refractivity contribution in [3.63, 3.8) is 0 Å². The highest BCUT2D eigenvalue weighted by atomic mass is 16.1. The Bertz CT molecular complexity index is 611. The number of aryl methyl sites for hydroxylation is 1. The minimum Gasteiger partial charge on any atom is -0.356 e. The van der Waals surface area contributed by atoms with Crippen molar-refractivity contribution in [2.24, 2.45) is 0 Å². The van der Waals surface area contributed by atoms with Gasteiger partial charge in [0.15, 0.2) is 6.29 Å². The molecule has 0 saturated heterocycles. The quantitative estimate of drug-likeness (QED) is 0.105. The number of nitriles is 1. The number of nitrogens with one attached hydrogen (secondary N) is 1. The van der Waals surface area contributed by atoms with Crippen LogP contribution in [0.1, 0.15) is 145 Å². The highest BCUT2D eigenvalue weighted by molar-refractivity contribution is 5.71. The number of carbonyl (C=O) groups excluding carboxylic acids is 1. The third-order valence-electron chi connectivity index (χ3n) is 6.29. The SMILES string of the molecule is N#CCCCCCCC=CCCCCCCCCCCCCCCCc1ccc(C=O)[nH]1. The van der Waals surface area contributed by atoms with E-state index in [9.17, 15) is 4.79 Å². The monoisotopic (exact) mass is 440 g/mol. The average Bonchev–Trinajstić information content (AvgIpc) is 3.27. The minimum atomic E-state index is 0.694. The van der Waals surface area contributed by atoms with Gasteiger partial charge in [0.2, 0.25) is 0 Å². The van der Waals surface area contributed by atoms with Gasteiger partial charge in [-0.15, -0.1) is 0 Å². The van der Waals surface area contributed by atoms with E-state index in [1.165, 1.54) is 121 Å². The van der Waals surface area contributed by atoms with E-state index in [0.29, 0.717) is 5.69 Å². The Balaban J connectivity index is 1.71. The molecule has 180 valence electrons. The molecule has 0 amide bonds. The maximum atomic E-state index is 10.7. The fourth-order valence-corrected chi connectivity index (χ4v) is 4.25. The zero-order chi connectivity index (χ0) is 23.0. The zero-order valence-corrected chi connectivity index (χ0v) is 20.6. The largest absolute Gasteiger partial charge is 0.356 e. The smallest absolute Gasteiger partial charge is 0.166 e. The molecule has 0 aromatic carbocycles. The molecule has 32 heavy (non-hydrogen) atoms. The van der Waals surface area contributed by atoms with Crippen LogP contribution < -0.4 is 0 Å². The zero-order valence-electron chi connectivity index (χ0n) is 20.6. The van der Waals surface area contributed by atoms with Gasteiger partial charge >= 0.3 is 0 Å². The molecule has 0 fully saturated rings. The van der Waals surface area contributed by atoms with Crippen LogP contribution in [0.25, 0.3) is 0 Å². The lowest BCUT2D eigenvalue weighted by Gasteiger charge is -2.03. The number of hydrogen-bond acceptors (Lipinski definition) is 2. The van der Waals surface area contributed by atoms with E-state index in [2.05, 4.69) is 23.2 Å². The number of rotatable bonds is 23. The molecule has 1 rings (SSSR count). The van der Waals surface area contributed by atoms with Crippen LogP contribution in [0.4, 0.5) is 0 Å². The van der Waals surface area contributed by atoms with Crippen LogP contribution in [0.2, 0.25) is 0 Å². The second kappa shape index (κ2) is 22.4. The van der Waals surface area contributed by atoms with E-state index in [0.717, 1.165) is 25.5 Å². The first-order valence-corrected chi connectivity index (χ1v) is 13.5. The summed E-state index contributed by atoms with van der Waals surface area (Å²) in [7, 11) is 0. The third kappa shape index (κ3) is 17.8. The molecule has 1 aromatic rings. The Morgan fingerprint density at radius 2 is 1.12 bits per heavy atom. The minimum absolute atomic E-state index is 0.694. The molecule has 0 aliphatic carbocycles. The van der Waals surface area contributed by atoms with E-state index < -0.39 is 0 Å². The Kier molecular flexibility index (Phi) is 19.7. The number of hydrogen-bond donors (Lipinski definition) is 1. The summed E-state index contributed by atoms with van der Waals surface area (Å²) in [4.78, 5) is 13.8. The van der Waals surface area contributed by atoms with Crippen molar-refractivity contribution in [3.05, 3.63) is 35.7 Å². The molecule has 0 atom stereocenters. The molecule has 3 heteroatoms. The van der Waals surface area contributed by atoms with E-state index in [1.807, 2.05) is 12.1 Å². The molecule has 0 aliphatic heterocycles. The Morgan fingerprint density at radius 1 is 0.656 bits per heavy atom. The predicted molar refractivity (Wildman–Crippen MR) is 137 cm³/mol. The van der Waals surface area contributed by atoms with Crippen molar-refractivity contribution in [2.75, 3.05) is 0 Å². The molecular formula is C29H48N2O. The van der Waals surface area contributed by atoms with Gasteiger partial charge in [0.25, 0.3) is 0 Å². The highest BCUT2D eigenvalue weighted by Gasteiger charge is 1.98. The first kappa shape index (κ1) is 28.2. The topological polar surface area (TPSA) is 56.6 Å². The van der Waals surface area contributed by atoms with Crippen molar-refractivity contribution >= 4 is 6.29 Å².